The molecule has 7 heteroatoms. The van der Waals surface area contributed by atoms with Crippen molar-refractivity contribution in [1.29, 1.82) is 0 Å². The second-order valence-corrected chi connectivity index (χ2v) is 4.46. The van der Waals surface area contributed by atoms with Gasteiger partial charge in [-0.3, -0.25) is 0 Å². The van der Waals surface area contributed by atoms with Gasteiger partial charge in [-0.25, -0.2) is 9.37 Å². The summed E-state index contributed by atoms with van der Waals surface area (Å²) in [7, 11) is 1.50. The first-order valence-corrected chi connectivity index (χ1v) is 6.51. The molecule has 0 bridgehead atoms. The molecule has 0 saturated carbocycles. The average Bonchev–Trinajstić information content (AvgIpc) is 2.95. The number of fused-ring (bicyclic) bond motifs is 1. The highest BCUT2D eigenvalue weighted by Crippen LogP contribution is 2.23. The van der Waals surface area contributed by atoms with Crippen LogP contribution in [0.5, 0.6) is 5.75 Å². The number of hydrogen-bond donors (Lipinski definition) is 1. The van der Waals surface area contributed by atoms with Gasteiger partial charge in [-0.15, -0.1) is 0 Å². The number of halogens is 1. The predicted molar refractivity (Wildman–Crippen MR) is 76.4 cm³/mol. The number of ether oxygens (including phenoxy) is 1. The second kappa shape index (κ2) is 5.35. The summed E-state index contributed by atoms with van der Waals surface area (Å²) in [5.41, 5.74) is 1.44. The fourth-order valence-electron chi connectivity index (χ4n) is 2.03. The van der Waals surface area contributed by atoms with Crippen LogP contribution in [0, 0.1) is 5.82 Å². The molecule has 6 nitrogen and oxygen atoms in total. The molecule has 2 heterocycles. The summed E-state index contributed by atoms with van der Waals surface area (Å²) in [6.45, 7) is 2.00. The third kappa shape index (κ3) is 2.62. The Hall–Kier alpha value is -2.70. The van der Waals surface area contributed by atoms with Crippen LogP contribution in [0.2, 0.25) is 0 Å². The van der Waals surface area contributed by atoms with Gasteiger partial charge in [0.15, 0.2) is 0 Å². The number of benzene rings is 1. The van der Waals surface area contributed by atoms with Crippen LogP contribution in [0.1, 0.15) is 12.6 Å². The van der Waals surface area contributed by atoms with Gasteiger partial charge >= 0.3 is 0 Å². The predicted octanol–water partition coefficient (Wildman–Crippen LogP) is 2.58. The van der Waals surface area contributed by atoms with E-state index < -0.39 is 0 Å². The first-order chi connectivity index (χ1) is 10.2. The van der Waals surface area contributed by atoms with Crippen molar-refractivity contribution in [1.82, 2.24) is 19.6 Å². The van der Waals surface area contributed by atoms with E-state index in [2.05, 4.69) is 20.4 Å². The molecule has 0 atom stereocenters. The molecule has 0 aliphatic heterocycles. The Bertz CT molecular complexity index is 786. The molecule has 0 aliphatic carbocycles. The highest BCUT2D eigenvalue weighted by molar-refractivity contribution is 5.60. The van der Waals surface area contributed by atoms with Gasteiger partial charge in [-0.1, -0.05) is 6.92 Å². The topological polar surface area (TPSA) is 64.3 Å². The summed E-state index contributed by atoms with van der Waals surface area (Å²) in [5.74, 6) is 1.23. The smallest absolute Gasteiger partial charge is 0.254 e. The molecule has 0 unspecified atom stereocenters. The molecule has 0 aliphatic rings. The van der Waals surface area contributed by atoms with E-state index in [0.717, 1.165) is 12.1 Å². The summed E-state index contributed by atoms with van der Waals surface area (Å²) in [6.07, 6.45) is 2.20. The van der Waals surface area contributed by atoms with E-state index in [9.17, 15) is 4.39 Å². The zero-order valence-corrected chi connectivity index (χ0v) is 11.7. The van der Waals surface area contributed by atoms with Crippen LogP contribution >= 0.6 is 0 Å². The molecule has 3 aromatic rings. The molecule has 1 N–H and O–H groups in total. The minimum absolute atomic E-state index is 0.378. The molecule has 2 aromatic heterocycles. The Morgan fingerprint density at radius 1 is 1.29 bits per heavy atom. The maximum atomic E-state index is 13.5. The molecule has 3 rings (SSSR count). The Kier molecular flexibility index (Phi) is 3.39. The van der Waals surface area contributed by atoms with Gasteiger partial charge in [0.25, 0.3) is 5.78 Å². The van der Waals surface area contributed by atoms with Crippen molar-refractivity contribution < 1.29 is 9.13 Å². The molecule has 0 radical (unpaired) electrons. The standard InChI is InChI=1S/C14H14FN5O/c1-3-10-7-13(20-14(19-10)16-8-17-20)18-11-4-9(15)5-12(6-11)21-2/h4-8,18H,3H2,1-2H3. The lowest BCUT2D eigenvalue weighted by atomic mass is 10.2. The van der Waals surface area contributed by atoms with E-state index in [4.69, 9.17) is 4.74 Å². The minimum atomic E-state index is -0.378. The zero-order valence-electron chi connectivity index (χ0n) is 11.7. The number of anilines is 2. The van der Waals surface area contributed by atoms with Crippen LogP contribution in [-0.4, -0.2) is 26.7 Å². The summed E-state index contributed by atoms with van der Waals surface area (Å²) < 4.78 is 20.2. The SMILES string of the molecule is CCc1cc(Nc2cc(F)cc(OC)c2)n2ncnc2n1. The molecule has 1 aromatic carbocycles. The second-order valence-electron chi connectivity index (χ2n) is 4.46. The highest BCUT2D eigenvalue weighted by atomic mass is 19.1. The third-order valence-electron chi connectivity index (χ3n) is 3.05. The van der Waals surface area contributed by atoms with Gasteiger partial charge < -0.3 is 10.1 Å². The Balaban J connectivity index is 2.04. The van der Waals surface area contributed by atoms with Gasteiger partial charge in [0, 0.05) is 29.6 Å². The van der Waals surface area contributed by atoms with Crippen LogP contribution in [0.3, 0.4) is 0 Å². The van der Waals surface area contributed by atoms with Crippen molar-refractivity contribution in [3.05, 3.63) is 42.1 Å². The Labute approximate surface area is 120 Å². The fraction of sp³-hybridized carbons (Fsp3) is 0.214. The monoisotopic (exact) mass is 287 g/mol. The molecule has 0 fully saturated rings. The zero-order chi connectivity index (χ0) is 14.8. The summed E-state index contributed by atoms with van der Waals surface area (Å²) in [4.78, 5) is 8.44. The number of nitrogens with zero attached hydrogens (tertiary/aromatic N) is 4. The summed E-state index contributed by atoms with van der Waals surface area (Å²) in [5, 5.41) is 7.23. The van der Waals surface area contributed by atoms with E-state index in [1.807, 2.05) is 13.0 Å². The number of aromatic nitrogens is 4. The lowest BCUT2D eigenvalue weighted by Crippen LogP contribution is -2.04. The van der Waals surface area contributed by atoms with E-state index in [1.54, 1.807) is 10.6 Å². The number of methoxy groups -OCH3 is 1. The number of rotatable bonds is 4. The average molecular weight is 287 g/mol. The van der Waals surface area contributed by atoms with Gasteiger partial charge in [-0.2, -0.15) is 14.6 Å². The molecule has 0 saturated heterocycles. The van der Waals surface area contributed by atoms with Crippen molar-refractivity contribution in [2.75, 3.05) is 12.4 Å². The van der Waals surface area contributed by atoms with Crippen LogP contribution < -0.4 is 10.1 Å². The van der Waals surface area contributed by atoms with E-state index in [0.29, 0.717) is 23.0 Å². The Morgan fingerprint density at radius 2 is 2.14 bits per heavy atom. The van der Waals surface area contributed by atoms with Crippen LogP contribution in [0.4, 0.5) is 15.9 Å². The molecule has 0 amide bonds. The van der Waals surface area contributed by atoms with Gasteiger partial charge in [0.05, 0.1) is 7.11 Å². The van der Waals surface area contributed by atoms with Crippen LogP contribution in [0.15, 0.2) is 30.6 Å². The quantitative estimate of drug-likeness (QED) is 0.799. The third-order valence-corrected chi connectivity index (χ3v) is 3.05. The number of nitrogens with one attached hydrogen (secondary N) is 1. The lowest BCUT2D eigenvalue weighted by Gasteiger charge is -2.10. The number of aryl methyl sites for hydroxylation is 1. The summed E-state index contributed by atoms with van der Waals surface area (Å²) in [6, 6.07) is 6.27. The largest absolute Gasteiger partial charge is 0.497 e. The molecular weight excluding hydrogens is 273 g/mol. The van der Waals surface area contributed by atoms with Crippen molar-refractivity contribution in [3.8, 4) is 5.75 Å². The summed E-state index contributed by atoms with van der Waals surface area (Å²) >= 11 is 0. The van der Waals surface area contributed by atoms with Crippen LogP contribution in [0.25, 0.3) is 5.78 Å². The van der Waals surface area contributed by atoms with Crippen molar-refractivity contribution >= 4 is 17.3 Å². The van der Waals surface area contributed by atoms with Crippen molar-refractivity contribution in [2.24, 2.45) is 0 Å². The van der Waals surface area contributed by atoms with Crippen molar-refractivity contribution in [3.63, 3.8) is 0 Å². The Morgan fingerprint density at radius 3 is 2.90 bits per heavy atom. The molecule has 108 valence electrons. The van der Waals surface area contributed by atoms with Crippen molar-refractivity contribution in [2.45, 2.75) is 13.3 Å². The van der Waals surface area contributed by atoms with E-state index >= 15 is 0 Å². The highest BCUT2D eigenvalue weighted by Gasteiger charge is 2.08. The fourth-order valence-corrected chi connectivity index (χ4v) is 2.03. The molecular formula is C14H14FN5O. The normalized spacial score (nSPS) is 10.8. The first-order valence-electron chi connectivity index (χ1n) is 6.51. The maximum absolute atomic E-state index is 13.5. The van der Waals surface area contributed by atoms with Gasteiger partial charge in [0.2, 0.25) is 0 Å². The van der Waals surface area contributed by atoms with Gasteiger partial charge in [-0.05, 0) is 12.5 Å². The van der Waals surface area contributed by atoms with E-state index in [1.165, 1.54) is 25.6 Å². The lowest BCUT2D eigenvalue weighted by molar-refractivity contribution is 0.411. The van der Waals surface area contributed by atoms with E-state index in [-0.39, 0.29) is 5.82 Å². The van der Waals surface area contributed by atoms with Crippen LogP contribution in [-0.2, 0) is 6.42 Å². The number of hydrogen-bond acceptors (Lipinski definition) is 5. The molecule has 0 spiro atoms. The minimum Gasteiger partial charge on any atom is -0.497 e. The molecule has 21 heavy (non-hydrogen) atoms. The maximum Gasteiger partial charge on any atom is 0.254 e. The van der Waals surface area contributed by atoms with Gasteiger partial charge in [0.1, 0.15) is 23.7 Å². The first kappa shape index (κ1) is 13.3.